The third-order valence-electron chi connectivity index (χ3n) is 2.73. The standard InChI is InChI=1S/C15H17BrFNO2/c1-2-5-18-8-11-6-13(19-9-11)10-20-15-4-3-12(16)7-14(15)17/h3-4,6-7,9,18H,2,5,8,10H2,1H3. The second-order valence-electron chi connectivity index (χ2n) is 4.46. The minimum absolute atomic E-state index is 0.215. The molecule has 2 aromatic rings. The summed E-state index contributed by atoms with van der Waals surface area (Å²) >= 11 is 3.20. The number of hydrogen-bond donors (Lipinski definition) is 1. The zero-order valence-corrected chi connectivity index (χ0v) is 12.9. The maximum absolute atomic E-state index is 13.6. The van der Waals surface area contributed by atoms with Crippen molar-refractivity contribution in [2.24, 2.45) is 0 Å². The molecule has 108 valence electrons. The lowest BCUT2D eigenvalue weighted by molar-refractivity contribution is 0.258. The van der Waals surface area contributed by atoms with Crippen molar-refractivity contribution >= 4 is 15.9 Å². The number of benzene rings is 1. The van der Waals surface area contributed by atoms with Crippen LogP contribution in [0, 0.1) is 5.82 Å². The smallest absolute Gasteiger partial charge is 0.166 e. The first kappa shape index (κ1) is 15.1. The molecule has 0 radical (unpaired) electrons. The molecule has 0 bridgehead atoms. The van der Waals surface area contributed by atoms with E-state index in [1.165, 1.54) is 6.07 Å². The van der Waals surface area contributed by atoms with Crippen molar-refractivity contribution in [3.63, 3.8) is 0 Å². The van der Waals surface area contributed by atoms with E-state index in [4.69, 9.17) is 9.15 Å². The van der Waals surface area contributed by atoms with E-state index in [-0.39, 0.29) is 12.4 Å². The van der Waals surface area contributed by atoms with Gasteiger partial charge in [-0.15, -0.1) is 0 Å². The summed E-state index contributed by atoms with van der Waals surface area (Å²) in [5.41, 5.74) is 1.06. The molecule has 0 fully saturated rings. The van der Waals surface area contributed by atoms with Gasteiger partial charge in [0, 0.05) is 16.6 Å². The maximum atomic E-state index is 13.6. The second kappa shape index (κ2) is 7.45. The van der Waals surface area contributed by atoms with Crippen LogP contribution >= 0.6 is 15.9 Å². The number of halogens is 2. The number of nitrogens with one attached hydrogen (secondary N) is 1. The molecule has 3 nitrogen and oxygen atoms in total. The Bertz CT molecular complexity index is 557. The average molecular weight is 342 g/mol. The Hall–Kier alpha value is -1.33. The van der Waals surface area contributed by atoms with E-state index < -0.39 is 5.82 Å². The molecule has 0 aliphatic rings. The fraction of sp³-hybridized carbons (Fsp3) is 0.333. The zero-order chi connectivity index (χ0) is 14.4. The number of furan rings is 1. The SMILES string of the molecule is CCCNCc1coc(COc2ccc(Br)cc2F)c1. The molecule has 0 saturated heterocycles. The van der Waals surface area contributed by atoms with E-state index >= 15 is 0 Å². The van der Waals surface area contributed by atoms with Crippen molar-refractivity contribution in [1.29, 1.82) is 0 Å². The molecule has 5 heteroatoms. The van der Waals surface area contributed by atoms with Crippen LogP contribution in [0.2, 0.25) is 0 Å². The summed E-state index contributed by atoms with van der Waals surface area (Å²) in [4.78, 5) is 0. The van der Waals surface area contributed by atoms with Crippen LogP contribution in [0.4, 0.5) is 4.39 Å². The summed E-state index contributed by atoms with van der Waals surface area (Å²) in [6.07, 6.45) is 2.79. The Labute approximate surface area is 126 Å². The van der Waals surface area contributed by atoms with Gasteiger partial charge in [0.2, 0.25) is 0 Å². The summed E-state index contributed by atoms with van der Waals surface area (Å²) in [6, 6.07) is 6.61. The molecule has 0 aliphatic heterocycles. The lowest BCUT2D eigenvalue weighted by atomic mass is 10.3. The Morgan fingerprint density at radius 1 is 1.35 bits per heavy atom. The molecule has 0 atom stereocenters. The van der Waals surface area contributed by atoms with Crippen molar-refractivity contribution in [3.05, 3.63) is 52.1 Å². The van der Waals surface area contributed by atoms with Crippen molar-refractivity contribution in [2.75, 3.05) is 6.54 Å². The van der Waals surface area contributed by atoms with Crippen molar-refractivity contribution in [1.82, 2.24) is 5.32 Å². The Kier molecular flexibility index (Phi) is 5.61. The third kappa shape index (κ3) is 4.35. The van der Waals surface area contributed by atoms with Crippen LogP contribution in [-0.4, -0.2) is 6.54 Å². The highest BCUT2D eigenvalue weighted by Gasteiger charge is 2.06. The predicted octanol–water partition coefficient (Wildman–Crippen LogP) is 4.26. The molecule has 1 N–H and O–H groups in total. The minimum atomic E-state index is -0.393. The summed E-state index contributed by atoms with van der Waals surface area (Å²) < 4.78 is 25.0. The van der Waals surface area contributed by atoms with Crippen LogP contribution in [0.5, 0.6) is 5.75 Å². The Morgan fingerprint density at radius 3 is 2.95 bits per heavy atom. The minimum Gasteiger partial charge on any atom is -0.483 e. The fourth-order valence-electron chi connectivity index (χ4n) is 1.75. The molecule has 20 heavy (non-hydrogen) atoms. The normalized spacial score (nSPS) is 10.8. The summed E-state index contributed by atoms with van der Waals surface area (Å²) in [5, 5.41) is 3.29. The number of hydrogen-bond acceptors (Lipinski definition) is 3. The highest BCUT2D eigenvalue weighted by Crippen LogP contribution is 2.22. The van der Waals surface area contributed by atoms with Gasteiger partial charge in [-0.05, 0) is 37.2 Å². The molecule has 1 aromatic heterocycles. The first-order valence-corrected chi connectivity index (χ1v) is 7.33. The molecule has 0 unspecified atom stereocenters. The van der Waals surface area contributed by atoms with E-state index in [0.717, 1.165) is 25.1 Å². The van der Waals surface area contributed by atoms with E-state index in [2.05, 4.69) is 28.2 Å². The highest BCUT2D eigenvalue weighted by atomic mass is 79.9. The monoisotopic (exact) mass is 341 g/mol. The van der Waals surface area contributed by atoms with Gasteiger partial charge in [-0.3, -0.25) is 0 Å². The van der Waals surface area contributed by atoms with Crippen LogP contribution in [0.15, 0.2) is 39.4 Å². The van der Waals surface area contributed by atoms with Gasteiger partial charge in [0.05, 0.1) is 6.26 Å². The van der Waals surface area contributed by atoms with Crippen molar-refractivity contribution in [2.45, 2.75) is 26.5 Å². The Balaban J connectivity index is 1.87. The topological polar surface area (TPSA) is 34.4 Å². The summed E-state index contributed by atoms with van der Waals surface area (Å²) in [7, 11) is 0. The molecule has 1 aromatic carbocycles. The number of rotatable bonds is 7. The lowest BCUT2D eigenvalue weighted by Crippen LogP contribution is -2.13. The van der Waals surface area contributed by atoms with Gasteiger partial charge in [0.15, 0.2) is 11.6 Å². The van der Waals surface area contributed by atoms with Gasteiger partial charge in [-0.25, -0.2) is 4.39 Å². The van der Waals surface area contributed by atoms with Crippen LogP contribution < -0.4 is 10.1 Å². The fourth-order valence-corrected chi connectivity index (χ4v) is 2.08. The maximum Gasteiger partial charge on any atom is 0.166 e. The van der Waals surface area contributed by atoms with E-state index in [1.54, 1.807) is 18.4 Å². The van der Waals surface area contributed by atoms with Crippen LogP contribution in [-0.2, 0) is 13.2 Å². The van der Waals surface area contributed by atoms with E-state index in [1.807, 2.05) is 6.07 Å². The quantitative estimate of drug-likeness (QED) is 0.764. The molecule has 0 spiro atoms. The molecule has 2 rings (SSSR count). The number of ether oxygens (including phenoxy) is 1. The van der Waals surface area contributed by atoms with Crippen molar-refractivity contribution < 1.29 is 13.5 Å². The highest BCUT2D eigenvalue weighted by molar-refractivity contribution is 9.10. The molecule has 1 heterocycles. The van der Waals surface area contributed by atoms with Gasteiger partial charge < -0.3 is 14.5 Å². The Morgan fingerprint density at radius 2 is 2.20 bits per heavy atom. The second-order valence-corrected chi connectivity index (χ2v) is 5.38. The average Bonchev–Trinajstić information content (AvgIpc) is 2.86. The molecule has 0 saturated carbocycles. The molecule has 0 aliphatic carbocycles. The van der Waals surface area contributed by atoms with Crippen LogP contribution in [0.25, 0.3) is 0 Å². The van der Waals surface area contributed by atoms with Crippen molar-refractivity contribution in [3.8, 4) is 5.75 Å². The molecular formula is C15H17BrFNO2. The van der Waals surface area contributed by atoms with E-state index in [9.17, 15) is 4.39 Å². The third-order valence-corrected chi connectivity index (χ3v) is 3.22. The zero-order valence-electron chi connectivity index (χ0n) is 11.3. The van der Waals surface area contributed by atoms with Gasteiger partial charge in [-0.1, -0.05) is 22.9 Å². The van der Waals surface area contributed by atoms with Gasteiger partial charge in [-0.2, -0.15) is 0 Å². The predicted molar refractivity (Wildman–Crippen MR) is 79.1 cm³/mol. The van der Waals surface area contributed by atoms with Gasteiger partial charge in [0.25, 0.3) is 0 Å². The van der Waals surface area contributed by atoms with Gasteiger partial charge in [0.1, 0.15) is 12.4 Å². The first-order valence-electron chi connectivity index (χ1n) is 6.54. The first-order chi connectivity index (χ1) is 9.69. The van der Waals surface area contributed by atoms with E-state index in [0.29, 0.717) is 10.2 Å². The molecular weight excluding hydrogens is 325 g/mol. The van der Waals surface area contributed by atoms with Crippen LogP contribution in [0.1, 0.15) is 24.7 Å². The van der Waals surface area contributed by atoms with Gasteiger partial charge >= 0.3 is 0 Å². The van der Waals surface area contributed by atoms with Crippen LogP contribution in [0.3, 0.4) is 0 Å². The summed E-state index contributed by atoms with van der Waals surface area (Å²) in [5.74, 6) is 0.506. The largest absolute Gasteiger partial charge is 0.483 e. The lowest BCUT2D eigenvalue weighted by Gasteiger charge is -2.05. The summed E-state index contributed by atoms with van der Waals surface area (Å²) in [6.45, 7) is 4.08. The molecule has 0 amide bonds.